The van der Waals surface area contributed by atoms with Gasteiger partial charge in [-0.2, -0.15) is 6.60 Å². The molecule has 0 fully saturated rings. The van der Waals surface area contributed by atoms with Crippen molar-refractivity contribution < 1.29 is 0 Å². The Kier molecular flexibility index (Phi) is 1.43. The maximum atomic E-state index is 5.00. The Hall–Kier alpha value is 0.985. The third-order valence-corrected chi connectivity index (χ3v) is 0. The summed E-state index contributed by atoms with van der Waals surface area (Å²) in [6.07, 6.45) is 3.99. The molecule has 0 radical (unpaired) electrons. The van der Waals surface area contributed by atoms with Crippen molar-refractivity contribution in [2.24, 2.45) is 0 Å². The van der Waals surface area contributed by atoms with Gasteiger partial charge >= 0.3 is 0 Å². The quantitative estimate of drug-likeness (QED) is 0.276. The zero-order chi connectivity index (χ0) is 5.45. The molecule has 0 rings (SSSR count). The maximum Gasteiger partial charge on any atom is 0.171 e. The molecule has 38 valence electrons. The first-order chi connectivity index (χ1) is 2.24. The lowest BCUT2D eigenvalue weighted by atomic mass is 10.8. The van der Waals surface area contributed by atoms with E-state index in [0.29, 0.717) is 0 Å². The van der Waals surface area contributed by atoms with Crippen LogP contribution in [0, 0.1) is 0 Å². The molecule has 0 aliphatic heterocycles. The van der Waals surface area contributed by atoms with Gasteiger partial charge in [0.2, 0.25) is 0 Å². The predicted molar refractivity (Wildman–Crippen MR) is 44.1 cm³/mol. The fourth-order valence-electron chi connectivity index (χ4n) is 0. The Balaban J connectivity index is 4.16. The van der Waals surface area contributed by atoms with Gasteiger partial charge in [0.25, 0.3) is 0 Å². The number of thiol groups is 1. The summed E-state index contributed by atoms with van der Waals surface area (Å²) >= 11 is 9.21. The van der Waals surface area contributed by atoms with Crippen molar-refractivity contribution in [3.63, 3.8) is 0 Å². The molecule has 0 aromatic heterocycles. The molecule has 0 bridgehead atoms. The highest BCUT2D eigenvalue weighted by molar-refractivity contribution is 9.01. The second-order valence-electron chi connectivity index (χ2n) is 2.35. The van der Waals surface area contributed by atoms with Crippen LogP contribution in [-0.2, 0) is 17.8 Å². The van der Waals surface area contributed by atoms with Gasteiger partial charge in [0.15, 0.2) is 7.12 Å². The van der Waals surface area contributed by atoms with Crippen LogP contribution in [0.1, 0.15) is 0 Å². The van der Waals surface area contributed by atoms with Crippen molar-refractivity contribution in [1.82, 2.24) is 0 Å². The Morgan fingerprint density at radius 3 is 1.67 bits per heavy atom. The molecule has 0 aliphatic carbocycles. The second kappa shape index (κ2) is 1.23. The third kappa shape index (κ3) is 81.6. The summed E-state index contributed by atoms with van der Waals surface area (Å²) in [6, 6.07) is 0. The van der Waals surface area contributed by atoms with Gasteiger partial charge in [0.05, 0.1) is 0 Å². The van der Waals surface area contributed by atoms with Gasteiger partial charge in [-0.15, -0.1) is 11.7 Å². The molecule has 0 saturated carbocycles. The number of hydrogen-bond acceptors (Lipinski definition) is 1. The van der Waals surface area contributed by atoms with Crippen LogP contribution in [0.15, 0.2) is 0 Å². The molecule has 4 heteroatoms. The second-order valence-corrected chi connectivity index (χ2v) is 15.1. The Bertz CT molecular complexity index is 86.5. The van der Waals surface area contributed by atoms with E-state index < -0.39 is 6.60 Å². The lowest BCUT2D eigenvalue weighted by Crippen LogP contribution is -2.17. The van der Waals surface area contributed by atoms with Crippen LogP contribution in [0.25, 0.3) is 0 Å². The maximum absolute atomic E-state index is 5.00. The summed E-state index contributed by atoms with van der Waals surface area (Å²) in [5.41, 5.74) is 0. The molecule has 0 saturated heterocycles. The average Bonchev–Trinajstić information content (AvgIpc) is 0.650. The van der Waals surface area contributed by atoms with Gasteiger partial charge in [-0.05, 0) is 12.5 Å². The molecule has 0 nitrogen and oxygen atoms in total. The molecule has 6 heavy (non-hydrogen) atoms. The molecular formula is C2H9BS3. The standard InChI is InChI=1S/C2H9BS3/c1-6(2,3,4)5/h3H2,1-2H3,(H,4,5). The van der Waals surface area contributed by atoms with Crippen LogP contribution >= 0.6 is 11.7 Å². The highest BCUT2D eigenvalue weighted by Crippen LogP contribution is 2.15. The molecule has 0 spiro atoms. The smallest absolute Gasteiger partial charge is 0.171 e. The topological polar surface area (TPSA) is 0 Å². The van der Waals surface area contributed by atoms with Crippen LogP contribution in [0.4, 0.5) is 0 Å². The van der Waals surface area contributed by atoms with Crippen molar-refractivity contribution >= 4 is 36.6 Å². The van der Waals surface area contributed by atoms with Gasteiger partial charge < -0.3 is 0 Å². The van der Waals surface area contributed by atoms with Crippen LogP contribution in [0.3, 0.4) is 0 Å². The van der Waals surface area contributed by atoms with E-state index in [1.54, 1.807) is 0 Å². The molecule has 0 N–H and O–H groups in total. The first-order valence-corrected chi connectivity index (χ1v) is 6.82. The molecule has 0 amide bonds. The number of rotatable bonds is 0. The van der Waals surface area contributed by atoms with E-state index in [4.69, 9.17) is 11.2 Å². The van der Waals surface area contributed by atoms with Crippen molar-refractivity contribution in [3.05, 3.63) is 0 Å². The normalized spacial score (nSPS) is 18.8. The van der Waals surface area contributed by atoms with Crippen LogP contribution in [-0.4, -0.2) is 19.6 Å². The third-order valence-electron chi connectivity index (χ3n) is 0. The fraction of sp³-hybridized carbons (Fsp3) is 1.00. The minimum Gasteiger partial charge on any atom is -0.193 e. The lowest BCUT2D eigenvalue weighted by molar-refractivity contribution is 2.31. The lowest BCUT2D eigenvalue weighted by Gasteiger charge is -2.23. The van der Waals surface area contributed by atoms with E-state index in [0.717, 1.165) is 0 Å². The molecule has 0 aliphatic rings. The Morgan fingerprint density at radius 1 is 1.67 bits per heavy atom. The van der Waals surface area contributed by atoms with Crippen molar-refractivity contribution in [1.29, 1.82) is 0 Å². The number of hydrogen-bond donors (Lipinski definition) is 1. The first kappa shape index (κ1) is 6.98. The SMILES string of the molecule is BS(C)(C)(=S)S. The highest BCUT2D eigenvalue weighted by atomic mass is 33.4. The Labute approximate surface area is 49.3 Å². The van der Waals surface area contributed by atoms with E-state index in [2.05, 4.69) is 11.7 Å². The minimum atomic E-state index is -1.57. The summed E-state index contributed by atoms with van der Waals surface area (Å²) < 4.78 is 0. The zero-order valence-electron chi connectivity index (χ0n) is 4.26. The minimum absolute atomic E-state index is 1.57. The van der Waals surface area contributed by atoms with Crippen LogP contribution in [0.2, 0.25) is 0 Å². The van der Waals surface area contributed by atoms with E-state index in [-0.39, 0.29) is 0 Å². The van der Waals surface area contributed by atoms with Gasteiger partial charge in [0.1, 0.15) is 0 Å². The van der Waals surface area contributed by atoms with Gasteiger partial charge in [0, 0.05) is 0 Å². The molecule has 0 aromatic rings. The molecule has 0 atom stereocenters. The fourth-order valence-corrected chi connectivity index (χ4v) is 0. The highest BCUT2D eigenvalue weighted by Gasteiger charge is 2.02. The van der Waals surface area contributed by atoms with E-state index in [1.165, 1.54) is 0 Å². The van der Waals surface area contributed by atoms with Crippen molar-refractivity contribution in [2.45, 2.75) is 0 Å². The summed E-state index contributed by atoms with van der Waals surface area (Å²) in [4.78, 5) is 0. The van der Waals surface area contributed by atoms with Crippen molar-refractivity contribution in [2.75, 3.05) is 12.5 Å². The molecule has 0 heterocycles. The van der Waals surface area contributed by atoms with Gasteiger partial charge in [-0.3, -0.25) is 0 Å². The molecular weight excluding hydrogens is 131 g/mol. The monoisotopic (exact) mass is 140 g/mol. The van der Waals surface area contributed by atoms with Crippen molar-refractivity contribution in [3.8, 4) is 0 Å². The Morgan fingerprint density at radius 2 is 1.67 bits per heavy atom. The summed E-state index contributed by atoms with van der Waals surface area (Å²) in [5.74, 6) is 0. The predicted octanol–water partition coefficient (Wildman–Crippen LogP) is -0.209. The van der Waals surface area contributed by atoms with E-state index in [9.17, 15) is 0 Å². The largest absolute Gasteiger partial charge is 0.193 e. The van der Waals surface area contributed by atoms with Crippen LogP contribution in [0.5, 0.6) is 0 Å². The molecule has 0 unspecified atom stereocenters. The summed E-state index contributed by atoms with van der Waals surface area (Å²) in [6.45, 7) is -1.57. The van der Waals surface area contributed by atoms with Crippen LogP contribution < -0.4 is 0 Å². The van der Waals surface area contributed by atoms with E-state index in [1.807, 2.05) is 19.6 Å². The molecule has 0 aromatic carbocycles. The van der Waals surface area contributed by atoms with Gasteiger partial charge in [-0.25, -0.2) is 0 Å². The summed E-state index contributed by atoms with van der Waals surface area (Å²) in [7, 11) is 2.00. The summed E-state index contributed by atoms with van der Waals surface area (Å²) in [5, 5.41) is 0. The first-order valence-electron chi connectivity index (χ1n) is 1.57. The van der Waals surface area contributed by atoms with E-state index >= 15 is 0 Å². The van der Waals surface area contributed by atoms with Gasteiger partial charge in [-0.1, -0.05) is 11.2 Å². The zero-order valence-corrected chi connectivity index (χ0v) is 6.79. The average molecular weight is 140 g/mol.